The molecule has 0 aliphatic heterocycles. The molecule has 0 saturated heterocycles. The van der Waals surface area contributed by atoms with E-state index in [1.165, 1.54) is 12.1 Å². The molecule has 18 heavy (non-hydrogen) atoms. The van der Waals surface area contributed by atoms with Crippen LogP contribution < -0.4 is 5.73 Å². The molecule has 1 aromatic heterocycles. The van der Waals surface area contributed by atoms with Gasteiger partial charge in [-0.2, -0.15) is 0 Å². The van der Waals surface area contributed by atoms with E-state index >= 15 is 0 Å². The molecule has 1 atom stereocenters. The van der Waals surface area contributed by atoms with Crippen LogP contribution in [0, 0.1) is 12.7 Å². The first kappa shape index (κ1) is 13.2. The highest BCUT2D eigenvalue weighted by Crippen LogP contribution is 2.23. The van der Waals surface area contributed by atoms with Gasteiger partial charge in [0.2, 0.25) is 0 Å². The largest absolute Gasteiger partial charge is 0.324 e. The zero-order valence-electron chi connectivity index (χ0n) is 10.0. The molecule has 0 spiro atoms. The summed E-state index contributed by atoms with van der Waals surface area (Å²) < 4.78 is 13.7. The first-order chi connectivity index (χ1) is 8.56. The van der Waals surface area contributed by atoms with Crippen LogP contribution in [0.2, 0.25) is 0 Å². The minimum atomic E-state index is -0.254. The van der Waals surface area contributed by atoms with Crippen LogP contribution >= 0.6 is 15.9 Å². The van der Waals surface area contributed by atoms with Crippen LogP contribution in [0.1, 0.15) is 22.9 Å². The topological polar surface area (TPSA) is 38.9 Å². The highest BCUT2D eigenvalue weighted by Gasteiger charge is 2.10. The summed E-state index contributed by atoms with van der Waals surface area (Å²) in [6.45, 7) is 1.94. The Kier molecular flexibility index (Phi) is 4.09. The third kappa shape index (κ3) is 3.15. The second-order valence-electron chi connectivity index (χ2n) is 4.28. The van der Waals surface area contributed by atoms with Gasteiger partial charge in [0.15, 0.2) is 0 Å². The molecule has 0 radical (unpaired) electrons. The van der Waals surface area contributed by atoms with Crippen LogP contribution in [0.3, 0.4) is 0 Å². The first-order valence-corrected chi connectivity index (χ1v) is 6.47. The van der Waals surface area contributed by atoms with Crippen molar-refractivity contribution in [3.8, 4) is 0 Å². The van der Waals surface area contributed by atoms with Crippen molar-refractivity contribution in [1.82, 2.24) is 4.98 Å². The summed E-state index contributed by atoms with van der Waals surface area (Å²) in [5.41, 5.74) is 9.07. The normalized spacial score (nSPS) is 12.4. The van der Waals surface area contributed by atoms with E-state index in [1.807, 2.05) is 19.1 Å². The number of aryl methyl sites for hydroxylation is 1. The molecule has 2 aromatic rings. The Hall–Kier alpha value is -1.26. The van der Waals surface area contributed by atoms with E-state index < -0.39 is 0 Å². The molecule has 0 saturated carbocycles. The van der Waals surface area contributed by atoms with Crippen molar-refractivity contribution in [2.45, 2.75) is 19.4 Å². The molecule has 4 heteroatoms. The molecule has 0 aliphatic carbocycles. The highest BCUT2D eigenvalue weighted by atomic mass is 79.9. The zero-order valence-corrected chi connectivity index (χ0v) is 11.6. The van der Waals surface area contributed by atoms with Gasteiger partial charge in [-0.3, -0.25) is 4.98 Å². The summed E-state index contributed by atoms with van der Waals surface area (Å²) in [6, 6.07) is 8.43. The molecular formula is C14H14BrFN2. The molecule has 2 nitrogen and oxygen atoms in total. The van der Waals surface area contributed by atoms with Crippen molar-refractivity contribution in [3.63, 3.8) is 0 Å². The summed E-state index contributed by atoms with van der Waals surface area (Å²) in [5, 5.41) is 0. The van der Waals surface area contributed by atoms with E-state index in [0.717, 1.165) is 21.3 Å². The van der Waals surface area contributed by atoms with Gasteiger partial charge in [-0.25, -0.2) is 4.39 Å². The van der Waals surface area contributed by atoms with Gasteiger partial charge < -0.3 is 5.73 Å². The average Bonchev–Trinajstić information content (AvgIpc) is 2.33. The highest BCUT2D eigenvalue weighted by molar-refractivity contribution is 9.10. The predicted octanol–water partition coefficient (Wildman–Crippen LogP) is 3.53. The van der Waals surface area contributed by atoms with E-state index in [4.69, 9.17) is 5.73 Å². The Morgan fingerprint density at radius 2 is 2.11 bits per heavy atom. The van der Waals surface area contributed by atoms with Crippen LogP contribution in [-0.4, -0.2) is 4.98 Å². The predicted molar refractivity (Wildman–Crippen MR) is 73.7 cm³/mol. The Labute approximate surface area is 114 Å². The van der Waals surface area contributed by atoms with E-state index in [1.54, 1.807) is 12.3 Å². The lowest BCUT2D eigenvalue weighted by atomic mass is 10.0. The fourth-order valence-corrected chi connectivity index (χ4v) is 2.25. The van der Waals surface area contributed by atoms with E-state index in [2.05, 4.69) is 20.9 Å². The minimum absolute atomic E-state index is 0.139. The monoisotopic (exact) mass is 308 g/mol. The lowest BCUT2D eigenvalue weighted by Gasteiger charge is -2.13. The van der Waals surface area contributed by atoms with E-state index in [9.17, 15) is 4.39 Å². The van der Waals surface area contributed by atoms with E-state index in [0.29, 0.717) is 6.42 Å². The number of rotatable bonds is 3. The average molecular weight is 309 g/mol. The number of nitrogens with zero attached hydrogens (tertiary/aromatic N) is 1. The van der Waals surface area contributed by atoms with Crippen molar-refractivity contribution in [2.75, 3.05) is 0 Å². The number of aromatic nitrogens is 1. The molecule has 1 aromatic carbocycles. The fraction of sp³-hybridized carbons (Fsp3) is 0.214. The molecule has 1 unspecified atom stereocenters. The summed E-state index contributed by atoms with van der Waals surface area (Å²) in [7, 11) is 0. The van der Waals surface area contributed by atoms with Crippen molar-refractivity contribution in [3.05, 3.63) is 63.6 Å². The molecular weight excluding hydrogens is 295 g/mol. The SMILES string of the molecule is Cc1ccc(C(N)Cc2ccc(F)cc2Br)cn1. The number of halogens is 2. The number of pyridine rings is 1. The maximum atomic E-state index is 13.0. The number of hydrogen-bond donors (Lipinski definition) is 1. The third-order valence-electron chi connectivity index (χ3n) is 2.82. The van der Waals surface area contributed by atoms with Gasteiger partial charge in [0.1, 0.15) is 5.82 Å². The van der Waals surface area contributed by atoms with Gasteiger partial charge in [0, 0.05) is 22.4 Å². The Morgan fingerprint density at radius 3 is 2.72 bits per heavy atom. The molecule has 94 valence electrons. The Balaban J connectivity index is 2.15. The van der Waals surface area contributed by atoms with Crippen LogP contribution in [0.5, 0.6) is 0 Å². The second kappa shape index (κ2) is 5.59. The molecule has 1 heterocycles. The lowest BCUT2D eigenvalue weighted by molar-refractivity contribution is 0.624. The summed E-state index contributed by atoms with van der Waals surface area (Å²) >= 11 is 3.35. The van der Waals surface area contributed by atoms with E-state index in [-0.39, 0.29) is 11.9 Å². The molecule has 2 rings (SSSR count). The lowest BCUT2D eigenvalue weighted by Crippen LogP contribution is -2.14. The van der Waals surface area contributed by atoms with Crippen LogP contribution in [-0.2, 0) is 6.42 Å². The summed E-state index contributed by atoms with van der Waals surface area (Å²) in [6.07, 6.45) is 2.43. The summed E-state index contributed by atoms with van der Waals surface area (Å²) in [4.78, 5) is 4.23. The smallest absolute Gasteiger partial charge is 0.124 e. The molecule has 0 amide bonds. The number of hydrogen-bond acceptors (Lipinski definition) is 2. The maximum Gasteiger partial charge on any atom is 0.124 e. The molecule has 0 bridgehead atoms. The van der Waals surface area contributed by atoms with Gasteiger partial charge >= 0.3 is 0 Å². The van der Waals surface area contributed by atoms with Crippen molar-refractivity contribution >= 4 is 15.9 Å². The zero-order chi connectivity index (χ0) is 13.1. The standard InChI is InChI=1S/C14H14BrFN2/c1-9-2-3-11(8-18-9)14(17)6-10-4-5-12(16)7-13(10)15/h2-5,7-8,14H,6,17H2,1H3. The fourth-order valence-electron chi connectivity index (χ4n) is 1.74. The molecule has 0 aliphatic rings. The van der Waals surface area contributed by atoms with Crippen LogP contribution in [0.4, 0.5) is 4.39 Å². The molecule has 2 N–H and O–H groups in total. The Morgan fingerprint density at radius 1 is 1.33 bits per heavy atom. The minimum Gasteiger partial charge on any atom is -0.324 e. The van der Waals surface area contributed by atoms with Crippen molar-refractivity contribution in [2.24, 2.45) is 5.73 Å². The third-order valence-corrected chi connectivity index (χ3v) is 3.56. The van der Waals surface area contributed by atoms with Gasteiger partial charge in [0.25, 0.3) is 0 Å². The van der Waals surface area contributed by atoms with Crippen LogP contribution in [0.15, 0.2) is 41.0 Å². The maximum absolute atomic E-state index is 13.0. The van der Waals surface area contributed by atoms with Gasteiger partial charge in [-0.05, 0) is 42.7 Å². The Bertz CT molecular complexity index is 540. The molecule has 0 fully saturated rings. The first-order valence-electron chi connectivity index (χ1n) is 5.68. The van der Waals surface area contributed by atoms with Crippen LogP contribution in [0.25, 0.3) is 0 Å². The number of benzene rings is 1. The van der Waals surface area contributed by atoms with Crippen molar-refractivity contribution in [1.29, 1.82) is 0 Å². The van der Waals surface area contributed by atoms with Gasteiger partial charge in [0.05, 0.1) is 0 Å². The summed E-state index contributed by atoms with van der Waals surface area (Å²) in [5.74, 6) is -0.254. The quantitative estimate of drug-likeness (QED) is 0.942. The number of nitrogens with two attached hydrogens (primary N) is 1. The van der Waals surface area contributed by atoms with Gasteiger partial charge in [-0.15, -0.1) is 0 Å². The van der Waals surface area contributed by atoms with Gasteiger partial charge in [-0.1, -0.05) is 28.1 Å². The van der Waals surface area contributed by atoms with Crippen molar-refractivity contribution < 1.29 is 4.39 Å². The second-order valence-corrected chi connectivity index (χ2v) is 5.13.